The van der Waals surface area contributed by atoms with Crippen LogP contribution in [-0.2, 0) is 4.79 Å². The topological polar surface area (TPSA) is 59.4 Å². The molecule has 1 unspecified atom stereocenters. The lowest BCUT2D eigenvalue weighted by Crippen LogP contribution is -2.50. The summed E-state index contributed by atoms with van der Waals surface area (Å²) in [5.41, 5.74) is 0. The lowest BCUT2D eigenvalue weighted by molar-refractivity contribution is -0.122. The number of hydrogen-bond donors (Lipinski definition) is 1. The maximum Gasteiger partial charge on any atom is 0.221 e. The van der Waals surface area contributed by atoms with E-state index in [1.165, 1.54) is 0 Å². The van der Waals surface area contributed by atoms with Crippen molar-refractivity contribution in [3.05, 3.63) is 0 Å². The zero-order valence-electron chi connectivity index (χ0n) is 13.1. The fourth-order valence-electron chi connectivity index (χ4n) is 2.55. The number of nitriles is 1. The smallest absolute Gasteiger partial charge is 0.221 e. The molecule has 0 aliphatic carbocycles. The minimum Gasteiger partial charge on any atom is -0.354 e. The number of carbonyl (C=O) groups excluding carboxylic acids is 1. The van der Waals surface area contributed by atoms with Crippen molar-refractivity contribution in [2.24, 2.45) is 0 Å². The molecule has 1 aliphatic rings. The molecule has 1 heterocycles. The molecule has 0 aromatic heterocycles. The summed E-state index contributed by atoms with van der Waals surface area (Å²) in [7, 11) is 0. The molecular weight excluding hydrogens is 252 g/mol. The molecular formula is C15H28N4O. The average Bonchev–Trinajstić information content (AvgIpc) is 2.42. The highest BCUT2D eigenvalue weighted by atomic mass is 16.1. The summed E-state index contributed by atoms with van der Waals surface area (Å²) >= 11 is 0. The standard InChI is InChI=1S/C15H28N4O/c1-4-5-14(12-16)19-10-8-18(9-11-19)7-6-15(20)17-13(2)3/h13-14H,4-11H2,1-3H3,(H,17,20). The van der Waals surface area contributed by atoms with Gasteiger partial charge in [0.1, 0.15) is 0 Å². The van der Waals surface area contributed by atoms with Crippen molar-refractivity contribution in [3.63, 3.8) is 0 Å². The Labute approximate surface area is 122 Å². The van der Waals surface area contributed by atoms with Crippen LogP contribution in [0.3, 0.4) is 0 Å². The van der Waals surface area contributed by atoms with Crippen LogP contribution in [0.25, 0.3) is 0 Å². The Balaban J connectivity index is 2.25. The molecule has 0 spiro atoms. The second kappa shape index (κ2) is 8.93. The van der Waals surface area contributed by atoms with Crippen LogP contribution in [0.2, 0.25) is 0 Å². The first kappa shape index (κ1) is 16.9. The maximum atomic E-state index is 11.6. The van der Waals surface area contributed by atoms with Gasteiger partial charge in [0.2, 0.25) is 5.91 Å². The van der Waals surface area contributed by atoms with Gasteiger partial charge in [-0.2, -0.15) is 5.26 Å². The molecule has 1 N–H and O–H groups in total. The summed E-state index contributed by atoms with van der Waals surface area (Å²) in [5.74, 6) is 0.128. The monoisotopic (exact) mass is 280 g/mol. The first-order chi connectivity index (χ1) is 9.56. The van der Waals surface area contributed by atoms with Crippen molar-refractivity contribution in [3.8, 4) is 6.07 Å². The highest BCUT2D eigenvalue weighted by Crippen LogP contribution is 2.10. The van der Waals surface area contributed by atoms with E-state index in [1.807, 2.05) is 13.8 Å². The molecule has 0 aromatic rings. The van der Waals surface area contributed by atoms with Gasteiger partial charge in [-0.1, -0.05) is 13.3 Å². The Kier molecular flexibility index (Phi) is 7.56. The Morgan fingerprint density at radius 3 is 2.45 bits per heavy atom. The van der Waals surface area contributed by atoms with Gasteiger partial charge in [0.15, 0.2) is 0 Å². The third kappa shape index (κ3) is 5.89. The van der Waals surface area contributed by atoms with Gasteiger partial charge in [0.05, 0.1) is 12.1 Å². The minimum absolute atomic E-state index is 0.0615. The molecule has 5 nitrogen and oxygen atoms in total. The zero-order chi connectivity index (χ0) is 15.0. The van der Waals surface area contributed by atoms with Crippen LogP contribution in [0.5, 0.6) is 0 Å². The van der Waals surface area contributed by atoms with Crippen molar-refractivity contribution in [2.75, 3.05) is 32.7 Å². The predicted molar refractivity (Wildman–Crippen MR) is 80.2 cm³/mol. The highest BCUT2D eigenvalue weighted by Gasteiger charge is 2.23. The van der Waals surface area contributed by atoms with Crippen LogP contribution < -0.4 is 5.32 Å². The lowest BCUT2D eigenvalue weighted by atomic mass is 10.1. The minimum atomic E-state index is 0.0615. The van der Waals surface area contributed by atoms with Crippen LogP contribution in [0, 0.1) is 11.3 Å². The molecule has 1 aliphatic heterocycles. The largest absolute Gasteiger partial charge is 0.354 e. The third-order valence-corrected chi connectivity index (χ3v) is 3.66. The molecule has 0 radical (unpaired) electrons. The number of nitrogens with one attached hydrogen (secondary N) is 1. The van der Waals surface area contributed by atoms with Crippen molar-refractivity contribution >= 4 is 5.91 Å². The molecule has 1 saturated heterocycles. The summed E-state index contributed by atoms with van der Waals surface area (Å²) in [6.45, 7) is 10.7. The van der Waals surface area contributed by atoms with Gasteiger partial charge in [0, 0.05) is 45.2 Å². The fraction of sp³-hybridized carbons (Fsp3) is 0.867. The van der Waals surface area contributed by atoms with E-state index in [4.69, 9.17) is 0 Å². The third-order valence-electron chi connectivity index (χ3n) is 3.66. The Morgan fingerprint density at radius 1 is 1.30 bits per heavy atom. The average molecular weight is 280 g/mol. The first-order valence-electron chi connectivity index (χ1n) is 7.72. The van der Waals surface area contributed by atoms with Crippen LogP contribution >= 0.6 is 0 Å². The summed E-state index contributed by atoms with van der Waals surface area (Å²) in [6, 6.07) is 2.68. The van der Waals surface area contributed by atoms with Crippen molar-refractivity contribution in [1.82, 2.24) is 15.1 Å². The number of carbonyl (C=O) groups is 1. The van der Waals surface area contributed by atoms with Gasteiger partial charge in [-0.3, -0.25) is 9.69 Å². The van der Waals surface area contributed by atoms with E-state index in [0.29, 0.717) is 6.42 Å². The van der Waals surface area contributed by atoms with E-state index in [1.54, 1.807) is 0 Å². The van der Waals surface area contributed by atoms with Crippen molar-refractivity contribution < 1.29 is 4.79 Å². The lowest BCUT2D eigenvalue weighted by Gasteiger charge is -2.36. The highest BCUT2D eigenvalue weighted by molar-refractivity contribution is 5.76. The van der Waals surface area contributed by atoms with Crippen LogP contribution in [0.4, 0.5) is 0 Å². The molecule has 0 bridgehead atoms. The SMILES string of the molecule is CCCC(C#N)N1CCN(CCC(=O)NC(C)C)CC1. The Bertz CT molecular complexity index is 329. The molecule has 1 amide bonds. The molecule has 1 fully saturated rings. The van der Waals surface area contributed by atoms with Crippen molar-refractivity contribution in [1.29, 1.82) is 5.26 Å². The predicted octanol–water partition coefficient (Wildman–Crippen LogP) is 1.21. The number of amides is 1. The number of piperazine rings is 1. The van der Waals surface area contributed by atoms with Gasteiger partial charge in [0.25, 0.3) is 0 Å². The van der Waals surface area contributed by atoms with E-state index >= 15 is 0 Å². The second-order valence-corrected chi connectivity index (χ2v) is 5.78. The zero-order valence-corrected chi connectivity index (χ0v) is 13.1. The fourth-order valence-corrected chi connectivity index (χ4v) is 2.55. The van der Waals surface area contributed by atoms with Crippen LogP contribution in [0.1, 0.15) is 40.0 Å². The summed E-state index contributed by atoms with van der Waals surface area (Å²) < 4.78 is 0. The van der Waals surface area contributed by atoms with Gasteiger partial charge < -0.3 is 10.2 Å². The van der Waals surface area contributed by atoms with Gasteiger partial charge in [-0.05, 0) is 20.3 Å². The molecule has 0 saturated carbocycles. The van der Waals surface area contributed by atoms with E-state index in [-0.39, 0.29) is 18.0 Å². The maximum absolute atomic E-state index is 11.6. The number of rotatable bonds is 7. The van der Waals surface area contributed by atoms with Gasteiger partial charge in [-0.15, -0.1) is 0 Å². The summed E-state index contributed by atoms with van der Waals surface area (Å²) in [6.07, 6.45) is 2.57. The molecule has 114 valence electrons. The molecule has 20 heavy (non-hydrogen) atoms. The van der Waals surface area contributed by atoms with E-state index < -0.39 is 0 Å². The van der Waals surface area contributed by atoms with E-state index in [2.05, 4.69) is 28.1 Å². The van der Waals surface area contributed by atoms with Crippen LogP contribution in [0.15, 0.2) is 0 Å². The number of nitrogens with zero attached hydrogens (tertiary/aromatic N) is 3. The number of hydrogen-bond acceptors (Lipinski definition) is 4. The van der Waals surface area contributed by atoms with E-state index in [0.717, 1.165) is 45.6 Å². The van der Waals surface area contributed by atoms with Crippen LogP contribution in [-0.4, -0.2) is 60.5 Å². The molecule has 0 aromatic carbocycles. The normalized spacial score (nSPS) is 18.8. The Morgan fingerprint density at radius 2 is 1.95 bits per heavy atom. The van der Waals surface area contributed by atoms with E-state index in [9.17, 15) is 10.1 Å². The summed E-state index contributed by atoms with van der Waals surface area (Å²) in [5, 5.41) is 12.1. The molecule has 1 rings (SSSR count). The second-order valence-electron chi connectivity index (χ2n) is 5.78. The summed E-state index contributed by atoms with van der Waals surface area (Å²) in [4.78, 5) is 16.2. The quantitative estimate of drug-likeness (QED) is 0.761. The van der Waals surface area contributed by atoms with Gasteiger partial charge >= 0.3 is 0 Å². The molecule has 1 atom stereocenters. The molecule has 5 heteroatoms. The Hall–Kier alpha value is -1.12. The van der Waals surface area contributed by atoms with Gasteiger partial charge in [-0.25, -0.2) is 0 Å². The first-order valence-corrected chi connectivity index (χ1v) is 7.72. The van der Waals surface area contributed by atoms with Crippen molar-refractivity contribution in [2.45, 2.75) is 52.1 Å².